The Morgan fingerprint density at radius 3 is 1.75 bits per heavy atom. The molecule has 86 valence electrons. The van der Waals surface area contributed by atoms with Crippen LogP contribution in [-0.4, -0.2) is 33.8 Å². The van der Waals surface area contributed by atoms with Crippen LogP contribution in [0.15, 0.2) is 24.3 Å². The quantitative estimate of drug-likeness (QED) is 0.638. The van der Waals surface area contributed by atoms with Crippen LogP contribution in [0.5, 0.6) is 5.75 Å². The normalized spacial score (nSPS) is 8.50. The Hall–Kier alpha value is -0.508. The summed E-state index contributed by atoms with van der Waals surface area (Å²) in [5.74, 6) is -0.875. The predicted octanol–water partition coefficient (Wildman–Crippen LogP) is -1.44. The molecule has 0 radical (unpaired) electrons. The molecule has 16 heavy (non-hydrogen) atoms. The van der Waals surface area contributed by atoms with Crippen molar-refractivity contribution in [1.82, 2.24) is 0 Å². The molecule has 1 rings (SSSR count). The molecule has 0 saturated carbocycles. The van der Waals surface area contributed by atoms with Crippen molar-refractivity contribution in [2.45, 2.75) is 0 Å². The van der Waals surface area contributed by atoms with E-state index in [0.717, 1.165) is 0 Å². The number of benzene rings is 1. The molecular formula is C9H15BFLiO4. The van der Waals surface area contributed by atoms with Gasteiger partial charge in [0.15, 0.2) is 11.6 Å². The molecule has 7 heteroatoms. The Labute approximate surface area is 109 Å². The van der Waals surface area contributed by atoms with Gasteiger partial charge in [0.1, 0.15) is 0 Å². The van der Waals surface area contributed by atoms with Crippen LogP contribution in [0, 0.1) is 5.82 Å². The third kappa shape index (κ3) is 7.74. The zero-order valence-electron chi connectivity index (χ0n) is 10.9. The fourth-order valence-corrected chi connectivity index (χ4v) is 0.740. The van der Waals surface area contributed by atoms with Crippen LogP contribution in [-0.2, 0) is 14.0 Å². The SMILES string of the molecule is COB(OC)OC.Oc1ccccc1F.[H-].[Li+]. The summed E-state index contributed by atoms with van der Waals surface area (Å²) in [4.78, 5) is 0. The van der Waals surface area contributed by atoms with Crippen LogP contribution < -0.4 is 18.9 Å². The Kier molecular flexibility index (Phi) is 12.3. The summed E-state index contributed by atoms with van der Waals surface area (Å²) in [6, 6.07) is 5.60. The molecule has 1 aromatic carbocycles. The molecular weight excluding hydrogens is 209 g/mol. The van der Waals surface area contributed by atoms with Crippen LogP contribution in [0.1, 0.15) is 1.43 Å². The van der Waals surface area contributed by atoms with Gasteiger partial charge in [-0.3, -0.25) is 0 Å². The monoisotopic (exact) mass is 224 g/mol. The van der Waals surface area contributed by atoms with E-state index >= 15 is 0 Å². The van der Waals surface area contributed by atoms with E-state index in [1.807, 2.05) is 0 Å². The third-order valence-electron chi connectivity index (χ3n) is 1.43. The number of halogens is 1. The number of phenols is 1. The Bertz CT molecular complexity index is 252. The molecule has 0 spiro atoms. The van der Waals surface area contributed by atoms with Crippen LogP contribution in [0.3, 0.4) is 0 Å². The molecule has 0 heterocycles. The van der Waals surface area contributed by atoms with Gasteiger partial charge in [0.2, 0.25) is 0 Å². The van der Waals surface area contributed by atoms with Gasteiger partial charge in [-0.25, -0.2) is 4.39 Å². The first-order valence-electron chi connectivity index (χ1n) is 4.17. The zero-order valence-corrected chi connectivity index (χ0v) is 9.94. The first-order valence-corrected chi connectivity index (χ1v) is 4.17. The first-order chi connectivity index (χ1) is 7.15. The molecule has 1 N–H and O–H groups in total. The average molecular weight is 224 g/mol. The number of para-hydroxylation sites is 1. The topological polar surface area (TPSA) is 47.9 Å². The number of hydrogen-bond donors (Lipinski definition) is 1. The van der Waals surface area contributed by atoms with E-state index in [1.165, 1.54) is 39.5 Å². The fourth-order valence-electron chi connectivity index (χ4n) is 0.740. The van der Waals surface area contributed by atoms with E-state index in [-0.39, 0.29) is 26.0 Å². The summed E-state index contributed by atoms with van der Waals surface area (Å²) >= 11 is 0. The van der Waals surface area contributed by atoms with Gasteiger partial charge >= 0.3 is 26.2 Å². The molecule has 0 aliphatic rings. The van der Waals surface area contributed by atoms with E-state index in [9.17, 15) is 4.39 Å². The minimum atomic E-state index is -0.576. The molecule has 0 unspecified atom stereocenters. The zero-order chi connectivity index (χ0) is 11.7. The Morgan fingerprint density at radius 1 is 1.12 bits per heavy atom. The second-order valence-electron chi connectivity index (χ2n) is 2.45. The average Bonchev–Trinajstić information content (AvgIpc) is 2.26. The molecule has 0 aliphatic carbocycles. The summed E-state index contributed by atoms with van der Waals surface area (Å²) in [6.07, 6.45) is 0. The third-order valence-corrected chi connectivity index (χ3v) is 1.43. The summed E-state index contributed by atoms with van der Waals surface area (Å²) in [5, 5.41) is 8.54. The van der Waals surface area contributed by atoms with E-state index in [0.29, 0.717) is 0 Å². The van der Waals surface area contributed by atoms with Crippen molar-refractivity contribution in [2.24, 2.45) is 0 Å². The summed E-state index contributed by atoms with van der Waals surface area (Å²) < 4.78 is 25.9. The second kappa shape index (κ2) is 11.0. The molecule has 0 amide bonds. The molecule has 0 aliphatic heterocycles. The van der Waals surface area contributed by atoms with Crippen LogP contribution in [0.25, 0.3) is 0 Å². The Morgan fingerprint density at radius 2 is 1.56 bits per heavy atom. The minimum Gasteiger partial charge on any atom is -1.00 e. The smallest absolute Gasteiger partial charge is 1.00 e. The first kappa shape index (κ1) is 17.9. The molecule has 0 bridgehead atoms. The maximum atomic E-state index is 12.1. The number of rotatable bonds is 3. The number of phenolic OH excluding ortho intramolecular Hbond substituents is 1. The van der Waals surface area contributed by atoms with Crippen LogP contribution >= 0.6 is 0 Å². The predicted molar refractivity (Wildman–Crippen MR) is 56.0 cm³/mol. The Balaban J connectivity index is -0.000000208. The summed E-state index contributed by atoms with van der Waals surface area (Å²) in [7, 11) is 4.02. The van der Waals surface area contributed by atoms with E-state index in [1.54, 1.807) is 6.07 Å². The second-order valence-corrected chi connectivity index (χ2v) is 2.45. The molecule has 0 atom stereocenters. The van der Waals surface area contributed by atoms with E-state index in [4.69, 9.17) is 5.11 Å². The van der Waals surface area contributed by atoms with Gasteiger partial charge in [0.25, 0.3) is 0 Å². The standard InChI is InChI=1S/C6H5FO.C3H9BO3.Li.H/c7-5-3-1-2-4-6(5)8;1-5-4(6-2)7-3;;/h1-4,8H;1-3H3;;/q;;+1;-1. The van der Waals surface area contributed by atoms with Crippen molar-refractivity contribution >= 4 is 7.32 Å². The van der Waals surface area contributed by atoms with Crippen molar-refractivity contribution < 1.29 is 43.7 Å². The summed E-state index contributed by atoms with van der Waals surface area (Å²) in [6.45, 7) is 0. The van der Waals surface area contributed by atoms with Gasteiger partial charge in [-0.05, 0) is 12.1 Å². The van der Waals surface area contributed by atoms with Gasteiger partial charge in [0, 0.05) is 21.3 Å². The number of hydrogen-bond acceptors (Lipinski definition) is 4. The van der Waals surface area contributed by atoms with Crippen molar-refractivity contribution in [1.29, 1.82) is 0 Å². The van der Waals surface area contributed by atoms with E-state index in [2.05, 4.69) is 14.0 Å². The maximum Gasteiger partial charge on any atom is 1.00 e. The van der Waals surface area contributed by atoms with Crippen LogP contribution in [0.2, 0.25) is 0 Å². The molecule has 0 saturated heterocycles. The van der Waals surface area contributed by atoms with Gasteiger partial charge < -0.3 is 20.5 Å². The number of aromatic hydroxyl groups is 1. The van der Waals surface area contributed by atoms with Gasteiger partial charge in [0.05, 0.1) is 0 Å². The van der Waals surface area contributed by atoms with Crippen LogP contribution in [0.4, 0.5) is 4.39 Å². The van der Waals surface area contributed by atoms with Gasteiger partial charge in [-0.15, -0.1) is 0 Å². The minimum absolute atomic E-state index is 0. The van der Waals surface area contributed by atoms with Crippen molar-refractivity contribution in [2.75, 3.05) is 21.3 Å². The maximum absolute atomic E-state index is 12.1. The van der Waals surface area contributed by atoms with Gasteiger partial charge in [-0.1, -0.05) is 12.1 Å². The largest absolute Gasteiger partial charge is 1.00 e. The molecule has 0 fully saturated rings. The summed E-state index contributed by atoms with van der Waals surface area (Å²) in [5.41, 5.74) is 0. The van der Waals surface area contributed by atoms with Crippen molar-refractivity contribution in [3.05, 3.63) is 30.1 Å². The van der Waals surface area contributed by atoms with Gasteiger partial charge in [-0.2, -0.15) is 0 Å². The fraction of sp³-hybridized carbons (Fsp3) is 0.333. The van der Waals surface area contributed by atoms with Crippen molar-refractivity contribution in [3.8, 4) is 5.75 Å². The van der Waals surface area contributed by atoms with Crippen molar-refractivity contribution in [3.63, 3.8) is 0 Å². The molecule has 0 aromatic heterocycles. The van der Waals surface area contributed by atoms with E-state index < -0.39 is 13.1 Å². The molecule has 4 nitrogen and oxygen atoms in total. The molecule has 1 aromatic rings.